The van der Waals surface area contributed by atoms with Gasteiger partial charge in [0.05, 0.1) is 30.4 Å². The van der Waals surface area contributed by atoms with Crippen LogP contribution in [0.4, 0.5) is 9.18 Å². The van der Waals surface area contributed by atoms with Crippen LogP contribution in [0.5, 0.6) is 0 Å². The van der Waals surface area contributed by atoms with Crippen LogP contribution >= 0.6 is 22.9 Å². The van der Waals surface area contributed by atoms with Crippen molar-refractivity contribution in [3.63, 3.8) is 0 Å². The van der Waals surface area contributed by atoms with E-state index in [9.17, 15) is 18.8 Å². The first-order valence-electron chi connectivity index (χ1n) is 12.2. The van der Waals surface area contributed by atoms with E-state index in [1.54, 1.807) is 24.6 Å². The Morgan fingerprint density at radius 3 is 2.87 bits per heavy atom. The normalized spacial score (nSPS) is 23.1. The van der Waals surface area contributed by atoms with Crippen LogP contribution < -0.4 is 5.32 Å². The van der Waals surface area contributed by atoms with Crippen LogP contribution in [-0.2, 0) is 23.8 Å². The van der Waals surface area contributed by atoms with Crippen LogP contribution in [0.3, 0.4) is 0 Å². The molecule has 0 unspecified atom stereocenters. The van der Waals surface area contributed by atoms with E-state index in [-0.39, 0.29) is 35.9 Å². The number of benzene rings is 1. The molecule has 1 N–H and O–H groups in total. The maximum absolute atomic E-state index is 14.5. The van der Waals surface area contributed by atoms with Gasteiger partial charge in [0.15, 0.2) is 10.8 Å². The number of hydrogen-bond donors (Lipinski definition) is 1. The van der Waals surface area contributed by atoms with E-state index >= 15 is 0 Å². The van der Waals surface area contributed by atoms with Crippen molar-refractivity contribution in [2.75, 3.05) is 40.0 Å². The molecular weight excluding hydrogens is 553 g/mol. The Balaban J connectivity index is 1.61. The number of thiazole rings is 1. The number of piperazine rings is 1. The summed E-state index contributed by atoms with van der Waals surface area (Å²) in [5, 5.41) is 5.35. The maximum atomic E-state index is 14.5. The number of amides is 1. The number of esters is 2. The Hall–Kier alpha value is -3.55. The summed E-state index contributed by atoms with van der Waals surface area (Å²) in [5.41, 5.74) is 0.776. The minimum atomic E-state index is -1.02. The molecule has 1 amide bonds. The maximum Gasteiger partial charge on any atom is 0.410 e. The van der Waals surface area contributed by atoms with Crippen molar-refractivity contribution in [2.24, 2.45) is 4.99 Å². The number of ether oxygens (including phenoxy) is 3. The lowest BCUT2D eigenvalue weighted by Gasteiger charge is -2.42. The molecule has 5 rings (SSSR count). The fraction of sp³-hybridized carbons (Fsp3) is 0.400. The van der Waals surface area contributed by atoms with Crippen molar-refractivity contribution in [3.8, 4) is 0 Å². The Morgan fingerprint density at radius 1 is 1.33 bits per heavy atom. The molecule has 1 aromatic carbocycles. The third kappa shape index (κ3) is 5.09. The van der Waals surface area contributed by atoms with E-state index < -0.39 is 42.0 Å². The van der Waals surface area contributed by atoms with E-state index in [2.05, 4.69) is 10.3 Å². The van der Waals surface area contributed by atoms with E-state index in [1.165, 1.54) is 35.5 Å². The Bertz CT molecular complexity index is 1350. The molecule has 2 saturated heterocycles. The summed E-state index contributed by atoms with van der Waals surface area (Å²) in [5.74, 6) is -1.52. The number of cyclic esters (lactones) is 1. The summed E-state index contributed by atoms with van der Waals surface area (Å²) in [6.07, 6.45) is 1.12. The summed E-state index contributed by atoms with van der Waals surface area (Å²) in [7, 11) is 1.27. The number of aromatic nitrogens is 1. The number of nitrogens with one attached hydrogen (secondary N) is 1. The topological polar surface area (TPSA) is 123 Å². The molecule has 0 radical (unpaired) electrons. The van der Waals surface area contributed by atoms with Crippen molar-refractivity contribution in [1.82, 2.24) is 20.1 Å². The molecule has 39 heavy (non-hydrogen) atoms. The van der Waals surface area contributed by atoms with Crippen molar-refractivity contribution in [2.45, 2.75) is 25.0 Å². The molecule has 0 bridgehead atoms. The average Bonchev–Trinajstić information content (AvgIpc) is 3.60. The number of hydrogen-bond acceptors (Lipinski definition) is 11. The van der Waals surface area contributed by atoms with Gasteiger partial charge in [-0.3, -0.25) is 19.6 Å². The van der Waals surface area contributed by atoms with E-state index in [4.69, 9.17) is 30.8 Å². The first-order valence-corrected chi connectivity index (χ1v) is 13.4. The first kappa shape index (κ1) is 27.0. The van der Waals surface area contributed by atoms with Gasteiger partial charge >= 0.3 is 18.0 Å². The smallest absolute Gasteiger partial charge is 0.410 e. The zero-order chi connectivity index (χ0) is 27.7. The van der Waals surface area contributed by atoms with Crippen LogP contribution in [0.15, 0.2) is 46.0 Å². The SMILES string of the molecule is CCOC(=O)C1=C(CN2CCN3C(=O)OC[C@@H]3[C@H]2C(=O)OC)NC(c2nccs2)=N[C@H]1c1cccc(F)c1Cl. The Kier molecular flexibility index (Phi) is 7.82. The molecule has 206 valence electrons. The molecule has 0 spiro atoms. The van der Waals surface area contributed by atoms with Gasteiger partial charge in [0.25, 0.3) is 0 Å². The molecule has 2 fully saturated rings. The number of fused-ring (bicyclic) bond motifs is 1. The van der Waals surface area contributed by atoms with Gasteiger partial charge < -0.3 is 19.5 Å². The summed E-state index contributed by atoms with van der Waals surface area (Å²) >= 11 is 7.69. The highest BCUT2D eigenvalue weighted by Crippen LogP contribution is 2.38. The summed E-state index contributed by atoms with van der Waals surface area (Å²) in [6, 6.07) is 1.87. The zero-order valence-corrected chi connectivity index (χ0v) is 22.6. The van der Waals surface area contributed by atoms with Crippen molar-refractivity contribution in [3.05, 3.63) is 62.5 Å². The van der Waals surface area contributed by atoms with Crippen LogP contribution in [0.25, 0.3) is 0 Å². The number of amidine groups is 1. The molecule has 0 aliphatic carbocycles. The van der Waals surface area contributed by atoms with Gasteiger partial charge in [-0.1, -0.05) is 23.7 Å². The Labute approximate surface area is 232 Å². The molecule has 14 heteroatoms. The van der Waals surface area contributed by atoms with Crippen LogP contribution in [0.2, 0.25) is 5.02 Å². The quantitative estimate of drug-likeness (QED) is 0.390. The molecule has 3 aliphatic rings. The van der Waals surface area contributed by atoms with Crippen LogP contribution in [0.1, 0.15) is 23.5 Å². The molecule has 3 atom stereocenters. The van der Waals surface area contributed by atoms with Gasteiger partial charge in [-0.2, -0.15) is 0 Å². The number of halogens is 2. The molecular formula is C25H25ClFN5O6S. The van der Waals surface area contributed by atoms with E-state index in [1.807, 2.05) is 4.90 Å². The fourth-order valence-corrected chi connectivity index (χ4v) is 5.80. The molecule has 0 saturated carbocycles. The number of carbonyl (C=O) groups excluding carboxylic acids is 3. The zero-order valence-electron chi connectivity index (χ0n) is 21.1. The fourth-order valence-electron chi connectivity index (χ4n) is 4.99. The summed E-state index contributed by atoms with van der Waals surface area (Å²) in [4.78, 5) is 50.9. The van der Waals surface area contributed by atoms with E-state index in [0.29, 0.717) is 29.6 Å². The number of carbonyl (C=O) groups is 3. The highest BCUT2D eigenvalue weighted by molar-refractivity contribution is 7.11. The van der Waals surface area contributed by atoms with Crippen molar-refractivity contribution in [1.29, 1.82) is 0 Å². The summed E-state index contributed by atoms with van der Waals surface area (Å²) in [6.45, 7) is 2.45. The standard InChI is InChI=1S/C25H25ClFN5O6S/c1-3-37-23(33)17-15(11-31-8-9-32-16(12-38-25(32)35)20(31)24(34)36-2)29-21(22-28-7-10-39-22)30-19(17)13-5-4-6-14(27)18(13)26/h4-7,10,16,19-20H,3,8-9,11-12H2,1-2H3,(H,29,30)/t16-,19+,20+/m1/s1. The first-order chi connectivity index (χ1) is 18.8. The largest absolute Gasteiger partial charge is 0.468 e. The van der Waals surface area contributed by atoms with Gasteiger partial charge in [-0.25, -0.2) is 19.0 Å². The summed E-state index contributed by atoms with van der Waals surface area (Å²) < 4.78 is 30.2. The van der Waals surface area contributed by atoms with Gasteiger partial charge in [-0.15, -0.1) is 11.3 Å². The minimum absolute atomic E-state index is 0.0274. The second-order valence-electron chi connectivity index (χ2n) is 8.87. The lowest BCUT2D eigenvalue weighted by molar-refractivity contribution is -0.150. The molecule has 4 heterocycles. The van der Waals surface area contributed by atoms with E-state index in [0.717, 1.165) is 0 Å². The molecule has 11 nitrogen and oxygen atoms in total. The average molecular weight is 578 g/mol. The molecule has 2 aromatic rings. The number of methoxy groups -OCH3 is 1. The van der Waals surface area contributed by atoms with Gasteiger partial charge in [0, 0.05) is 42.5 Å². The lowest BCUT2D eigenvalue weighted by Crippen LogP contribution is -2.62. The van der Waals surface area contributed by atoms with Crippen LogP contribution in [-0.4, -0.2) is 90.7 Å². The Morgan fingerprint density at radius 2 is 2.15 bits per heavy atom. The van der Waals surface area contributed by atoms with Crippen LogP contribution in [0, 0.1) is 5.82 Å². The minimum Gasteiger partial charge on any atom is -0.468 e. The second-order valence-corrected chi connectivity index (χ2v) is 10.1. The number of aliphatic imine (C=N–C) groups is 1. The number of rotatable bonds is 7. The lowest BCUT2D eigenvalue weighted by atomic mass is 9.94. The number of nitrogens with zero attached hydrogens (tertiary/aromatic N) is 4. The predicted molar refractivity (Wildman–Crippen MR) is 139 cm³/mol. The third-order valence-electron chi connectivity index (χ3n) is 6.73. The highest BCUT2D eigenvalue weighted by atomic mass is 35.5. The highest BCUT2D eigenvalue weighted by Gasteiger charge is 2.49. The van der Waals surface area contributed by atoms with Gasteiger partial charge in [-0.05, 0) is 13.0 Å². The van der Waals surface area contributed by atoms with Gasteiger partial charge in [0.1, 0.15) is 24.5 Å². The predicted octanol–water partition coefficient (Wildman–Crippen LogP) is 2.52. The third-order valence-corrected chi connectivity index (χ3v) is 7.91. The monoisotopic (exact) mass is 577 g/mol. The second kappa shape index (κ2) is 11.3. The van der Waals surface area contributed by atoms with Crippen molar-refractivity contribution >= 4 is 46.8 Å². The van der Waals surface area contributed by atoms with Gasteiger partial charge in [0.2, 0.25) is 0 Å². The molecule has 3 aliphatic heterocycles. The van der Waals surface area contributed by atoms with Crippen molar-refractivity contribution < 1.29 is 33.0 Å². The molecule has 1 aromatic heterocycles.